The fraction of sp³-hybridized carbons (Fsp3) is 0.0667. The molecule has 2 rings (SSSR count). The first-order valence-corrected chi connectivity index (χ1v) is 8.97. The summed E-state index contributed by atoms with van der Waals surface area (Å²) >= 11 is 16.6. The molecule has 0 heterocycles. The van der Waals surface area contributed by atoms with Crippen LogP contribution in [0.5, 0.6) is 5.75 Å². The molecule has 0 aliphatic rings. The molecule has 0 saturated carbocycles. The van der Waals surface area contributed by atoms with Gasteiger partial charge in [0.1, 0.15) is 5.75 Å². The van der Waals surface area contributed by atoms with Crippen LogP contribution in [0.3, 0.4) is 0 Å². The quantitative estimate of drug-likeness (QED) is 0.445. The average Bonchev–Trinajstić information content (AvgIpc) is 2.50. The Morgan fingerprint density at radius 3 is 2.65 bits per heavy atom. The number of carbonyl (C=O) groups is 1. The van der Waals surface area contributed by atoms with Gasteiger partial charge >= 0.3 is 0 Å². The van der Waals surface area contributed by atoms with Crippen molar-refractivity contribution in [1.29, 1.82) is 0 Å². The third kappa shape index (κ3) is 5.03. The fourth-order valence-corrected chi connectivity index (χ4v) is 3.09. The molecule has 0 atom stereocenters. The molecule has 2 aromatic rings. The van der Waals surface area contributed by atoms with Crippen LogP contribution >= 0.6 is 62.3 Å². The molecule has 0 aromatic heterocycles. The number of rotatable bonds is 3. The molecular weight excluding hydrogens is 515 g/mol. The lowest BCUT2D eigenvalue weighted by atomic mass is 10.2. The van der Waals surface area contributed by atoms with E-state index >= 15 is 0 Å². The normalized spacial score (nSPS) is 10.1. The van der Waals surface area contributed by atoms with Gasteiger partial charge in [0.15, 0.2) is 5.11 Å². The van der Waals surface area contributed by atoms with Crippen LogP contribution in [0.2, 0.25) is 5.02 Å². The van der Waals surface area contributed by atoms with Gasteiger partial charge in [-0.05, 0) is 87.1 Å². The smallest absolute Gasteiger partial charge is 0.257 e. The third-order valence-corrected chi connectivity index (χ3v) is 5.10. The van der Waals surface area contributed by atoms with Crippen molar-refractivity contribution in [3.63, 3.8) is 0 Å². The van der Waals surface area contributed by atoms with Gasteiger partial charge in [-0.25, -0.2) is 0 Å². The van der Waals surface area contributed by atoms with Crippen LogP contribution in [0.1, 0.15) is 10.4 Å². The Bertz CT molecular complexity index is 773. The van der Waals surface area contributed by atoms with Gasteiger partial charge in [-0.2, -0.15) is 0 Å². The van der Waals surface area contributed by atoms with Gasteiger partial charge in [0.25, 0.3) is 5.91 Å². The molecule has 8 heteroatoms. The van der Waals surface area contributed by atoms with E-state index in [1.807, 2.05) is 0 Å². The van der Waals surface area contributed by atoms with Crippen molar-refractivity contribution >= 4 is 79.0 Å². The van der Waals surface area contributed by atoms with Crippen molar-refractivity contribution in [2.75, 3.05) is 12.4 Å². The van der Waals surface area contributed by atoms with Crippen molar-refractivity contribution in [2.24, 2.45) is 0 Å². The highest BCUT2D eigenvalue weighted by atomic mass is 127. The van der Waals surface area contributed by atoms with Gasteiger partial charge in [0.05, 0.1) is 15.7 Å². The molecule has 2 aromatic carbocycles. The van der Waals surface area contributed by atoms with Crippen LogP contribution in [0.4, 0.5) is 5.69 Å². The second kappa shape index (κ2) is 8.27. The van der Waals surface area contributed by atoms with Gasteiger partial charge in [-0.15, -0.1) is 0 Å². The summed E-state index contributed by atoms with van der Waals surface area (Å²) in [6.07, 6.45) is 0. The zero-order valence-electron chi connectivity index (χ0n) is 11.8. The highest BCUT2D eigenvalue weighted by Crippen LogP contribution is 2.25. The molecule has 0 spiro atoms. The van der Waals surface area contributed by atoms with Crippen LogP contribution in [0.25, 0.3) is 0 Å². The van der Waals surface area contributed by atoms with Crippen LogP contribution < -0.4 is 15.4 Å². The molecule has 23 heavy (non-hydrogen) atoms. The van der Waals surface area contributed by atoms with Crippen LogP contribution in [-0.4, -0.2) is 18.1 Å². The van der Waals surface area contributed by atoms with E-state index in [2.05, 4.69) is 49.2 Å². The second-order valence-electron chi connectivity index (χ2n) is 4.39. The number of amides is 1. The summed E-state index contributed by atoms with van der Waals surface area (Å²) in [6.45, 7) is 0. The van der Waals surface area contributed by atoms with E-state index in [-0.39, 0.29) is 11.0 Å². The van der Waals surface area contributed by atoms with Crippen molar-refractivity contribution in [1.82, 2.24) is 5.32 Å². The van der Waals surface area contributed by atoms with E-state index in [1.54, 1.807) is 43.5 Å². The van der Waals surface area contributed by atoms with Gasteiger partial charge in [-0.1, -0.05) is 11.6 Å². The van der Waals surface area contributed by atoms with E-state index in [4.69, 9.17) is 28.6 Å². The predicted octanol–water partition coefficient (Wildman–Crippen LogP) is 4.84. The molecule has 0 bridgehead atoms. The lowest BCUT2D eigenvalue weighted by molar-refractivity contribution is 0.0977. The molecular formula is C15H11BrClIN2O2S. The van der Waals surface area contributed by atoms with Crippen molar-refractivity contribution < 1.29 is 9.53 Å². The lowest BCUT2D eigenvalue weighted by Gasteiger charge is -2.11. The minimum absolute atomic E-state index is 0.194. The number of carbonyl (C=O) groups excluding carboxylic acids is 1. The Kier molecular flexibility index (Phi) is 6.63. The minimum atomic E-state index is -0.300. The molecule has 1 amide bonds. The SMILES string of the molecule is COc1ccc(C(=O)NC(=S)Nc2ccc(Br)c(Cl)c2)cc1I. The molecule has 0 aliphatic carbocycles. The fourth-order valence-electron chi connectivity index (χ4n) is 1.72. The van der Waals surface area contributed by atoms with E-state index in [9.17, 15) is 4.79 Å². The summed E-state index contributed by atoms with van der Waals surface area (Å²) in [5.74, 6) is 0.415. The Balaban J connectivity index is 2.03. The van der Waals surface area contributed by atoms with E-state index in [1.165, 1.54) is 0 Å². The number of hydrogen-bond acceptors (Lipinski definition) is 3. The van der Waals surface area contributed by atoms with Gasteiger partial charge in [-0.3, -0.25) is 10.1 Å². The van der Waals surface area contributed by atoms with Crippen molar-refractivity contribution in [2.45, 2.75) is 0 Å². The number of thiocarbonyl (C=S) groups is 1. The monoisotopic (exact) mass is 524 g/mol. The highest BCUT2D eigenvalue weighted by molar-refractivity contribution is 14.1. The number of nitrogens with one attached hydrogen (secondary N) is 2. The van der Waals surface area contributed by atoms with Crippen molar-refractivity contribution in [3.05, 3.63) is 55.0 Å². The molecule has 0 unspecified atom stereocenters. The van der Waals surface area contributed by atoms with Gasteiger partial charge < -0.3 is 10.1 Å². The molecule has 120 valence electrons. The maximum absolute atomic E-state index is 12.2. The lowest BCUT2D eigenvalue weighted by Crippen LogP contribution is -2.34. The van der Waals surface area contributed by atoms with Crippen LogP contribution in [0.15, 0.2) is 40.9 Å². The van der Waals surface area contributed by atoms with E-state index < -0.39 is 0 Å². The Labute approximate surface area is 166 Å². The maximum Gasteiger partial charge on any atom is 0.257 e. The largest absolute Gasteiger partial charge is 0.496 e. The Morgan fingerprint density at radius 1 is 1.30 bits per heavy atom. The van der Waals surface area contributed by atoms with E-state index in [0.717, 1.165) is 8.04 Å². The summed E-state index contributed by atoms with van der Waals surface area (Å²) in [6, 6.07) is 10.4. The summed E-state index contributed by atoms with van der Waals surface area (Å²) < 4.78 is 6.80. The van der Waals surface area contributed by atoms with Gasteiger partial charge in [0.2, 0.25) is 0 Å². The summed E-state index contributed by atoms with van der Waals surface area (Å²) in [5.41, 5.74) is 1.18. The van der Waals surface area contributed by atoms with E-state index in [0.29, 0.717) is 22.0 Å². The minimum Gasteiger partial charge on any atom is -0.496 e. The van der Waals surface area contributed by atoms with Gasteiger partial charge in [0, 0.05) is 15.7 Å². The summed E-state index contributed by atoms with van der Waals surface area (Å²) in [4.78, 5) is 12.2. The topological polar surface area (TPSA) is 50.4 Å². The van der Waals surface area contributed by atoms with Crippen LogP contribution in [0, 0.1) is 3.57 Å². The molecule has 0 radical (unpaired) electrons. The summed E-state index contributed by atoms with van der Waals surface area (Å²) in [7, 11) is 1.58. The zero-order chi connectivity index (χ0) is 17.0. The first kappa shape index (κ1) is 18.4. The zero-order valence-corrected chi connectivity index (χ0v) is 17.1. The number of ether oxygens (including phenoxy) is 1. The molecule has 0 fully saturated rings. The highest BCUT2D eigenvalue weighted by Gasteiger charge is 2.11. The molecule has 0 saturated heterocycles. The number of halogens is 3. The number of methoxy groups -OCH3 is 1. The molecule has 4 nitrogen and oxygen atoms in total. The standard InChI is InChI=1S/C15H11BrClIN2O2S/c1-22-13-5-2-8(6-12(13)18)14(21)20-15(23)19-9-3-4-10(16)11(17)7-9/h2-7H,1H3,(H2,19,20,21,23). The number of anilines is 1. The molecule has 2 N–H and O–H groups in total. The van der Waals surface area contributed by atoms with Crippen LogP contribution in [-0.2, 0) is 0 Å². The summed E-state index contributed by atoms with van der Waals surface area (Å²) in [5, 5.41) is 6.28. The van der Waals surface area contributed by atoms with Crippen molar-refractivity contribution in [3.8, 4) is 5.75 Å². The Morgan fingerprint density at radius 2 is 2.04 bits per heavy atom. The first-order valence-electron chi connectivity index (χ1n) is 6.31. The first-order chi connectivity index (χ1) is 10.9. The average molecular weight is 526 g/mol. The maximum atomic E-state index is 12.2. The Hall–Kier alpha value is -0.900. The second-order valence-corrected chi connectivity index (χ2v) is 7.22. The molecule has 0 aliphatic heterocycles. The predicted molar refractivity (Wildman–Crippen MR) is 109 cm³/mol. The third-order valence-electron chi connectivity index (χ3n) is 2.82. The number of hydrogen-bond donors (Lipinski definition) is 2. The number of benzene rings is 2.